The van der Waals surface area contributed by atoms with Crippen LogP contribution < -0.4 is 9.62 Å². The van der Waals surface area contributed by atoms with Crippen molar-refractivity contribution in [3.63, 3.8) is 0 Å². The van der Waals surface area contributed by atoms with Crippen molar-refractivity contribution in [2.24, 2.45) is 0 Å². The Labute approximate surface area is 115 Å². The molecule has 1 aliphatic rings. The molecule has 1 aromatic heterocycles. The van der Waals surface area contributed by atoms with Gasteiger partial charge in [-0.05, 0) is 49.1 Å². The van der Waals surface area contributed by atoms with Gasteiger partial charge in [0.15, 0.2) is 5.13 Å². The third-order valence-corrected chi connectivity index (χ3v) is 4.62. The van der Waals surface area contributed by atoms with Gasteiger partial charge in [0.25, 0.3) is 0 Å². The van der Waals surface area contributed by atoms with E-state index in [1.165, 1.54) is 36.5 Å². The van der Waals surface area contributed by atoms with Crippen molar-refractivity contribution in [1.82, 2.24) is 4.98 Å². The van der Waals surface area contributed by atoms with Gasteiger partial charge in [-0.15, -0.1) is 11.3 Å². The maximum atomic E-state index is 4.19. The van der Waals surface area contributed by atoms with Crippen LogP contribution in [0.1, 0.15) is 12.8 Å². The van der Waals surface area contributed by atoms with E-state index < -0.39 is 0 Å². The van der Waals surface area contributed by atoms with Crippen molar-refractivity contribution in [3.05, 3.63) is 35.8 Å². The molecule has 18 heavy (non-hydrogen) atoms. The fourth-order valence-electron chi connectivity index (χ4n) is 2.08. The second-order valence-corrected chi connectivity index (χ2v) is 6.00. The number of hydrogen-bond acceptors (Lipinski definition) is 5. The van der Waals surface area contributed by atoms with Gasteiger partial charge < -0.3 is 9.62 Å². The zero-order valence-electron chi connectivity index (χ0n) is 10.0. The molecule has 2 aromatic rings. The van der Waals surface area contributed by atoms with Gasteiger partial charge in [0.05, 0.1) is 0 Å². The third kappa shape index (κ3) is 2.79. The molecule has 3 nitrogen and oxygen atoms in total. The summed E-state index contributed by atoms with van der Waals surface area (Å²) in [5.74, 6) is 0. The molecule has 1 aromatic carbocycles. The maximum absolute atomic E-state index is 4.19. The standard InChI is InChI=1S/C13H15N3S2/c1-2-9-16(8-1)11-3-5-12(6-4-11)18-15-13-14-7-10-17-13/h3-7,10H,1-2,8-9H2,(H,14,15). The Balaban J connectivity index is 1.60. The van der Waals surface area contributed by atoms with Crippen LogP contribution in [-0.4, -0.2) is 18.1 Å². The second-order valence-electron chi connectivity index (χ2n) is 4.23. The molecular formula is C13H15N3S2. The first-order chi connectivity index (χ1) is 8.92. The molecule has 0 atom stereocenters. The predicted molar refractivity (Wildman–Crippen MR) is 79.5 cm³/mol. The van der Waals surface area contributed by atoms with Gasteiger partial charge in [0.2, 0.25) is 0 Å². The monoisotopic (exact) mass is 277 g/mol. The quantitative estimate of drug-likeness (QED) is 0.859. The highest BCUT2D eigenvalue weighted by Crippen LogP contribution is 2.26. The van der Waals surface area contributed by atoms with Crippen molar-refractivity contribution in [2.75, 3.05) is 22.7 Å². The largest absolute Gasteiger partial charge is 0.372 e. The molecular weight excluding hydrogens is 262 g/mol. The lowest BCUT2D eigenvalue weighted by Crippen LogP contribution is -2.17. The highest BCUT2D eigenvalue weighted by molar-refractivity contribution is 8.00. The molecule has 1 N–H and O–H groups in total. The van der Waals surface area contributed by atoms with Crippen LogP contribution in [0.3, 0.4) is 0 Å². The lowest BCUT2D eigenvalue weighted by molar-refractivity contribution is 0.949. The number of benzene rings is 1. The van der Waals surface area contributed by atoms with Crippen molar-refractivity contribution in [1.29, 1.82) is 0 Å². The Hall–Kier alpha value is -1.20. The van der Waals surface area contributed by atoms with E-state index in [9.17, 15) is 0 Å². The highest BCUT2D eigenvalue weighted by Gasteiger charge is 2.11. The Morgan fingerprint density at radius 2 is 1.94 bits per heavy atom. The Bertz CT molecular complexity index is 475. The molecule has 1 saturated heterocycles. The SMILES string of the molecule is c1csc(NSc2ccc(N3CCCC3)cc2)n1. The predicted octanol–water partition coefficient (Wildman–Crippen LogP) is 3.86. The zero-order valence-corrected chi connectivity index (χ0v) is 11.6. The molecule has 2 heterocycles. The molecule has 1 fully saturated rings. The highest BCUT2D eigenvalue weighted by atomic mass is 32.2. The summed E-state index contributed by atoms with van der Waals surface area (Å²) < 4.78 is 3.24. The van der Waals surface area contributed by atoms with Gasteiger partial charge in [-0.1, -0.05) is 0 Å². The average Bonchev–Trinajstić information content (AvgIpc) is 3.10. The maximum Gasteiger partial charge on any atom is 0.192 e. The molecule has 0 unspecified atom stereocenters. The molecule has 1 aliphatic heterocycles. The van der Waals surface area contributed by atoms with E-state index in [-0.39, 0.29) is 0 Å². The Morgan fingerprint density at radius 3 is 2.61 bits per heavy atom. The lowest BCUT2D eigenvalue weighted by atomic mass is 10.3. The number of hydrogen-bond donors (Lipinski definition) is 1. The number of anilines is 2. The summed E-state index contributed by atoms with van der Waals surface area (Å²) in [6.07, 6.45) is 4.45. The first kappa shape index (κ1) is 11.9. The van der Waals surface area contributed by atoms with Crippen LogP contribution in [0.4, 0.5) is 10.8 Å². The van der Waals surface area contributed by atoms with E-state index in [1.807, 2.05) is 11.6 Å². The molecule has 0 bridgehead atoms. The van der Waals surface area contributed by atoms with E-state index in [0.29, 0.717) is 0 Å². The summed E-state index contributed by atoms with van der Waals surface area (Å²) in [4.78, 5) is 7.85. The first-order valence-electron chi connectivity index (χ1n) is 6.09. The van der Waals surface area contributed by atoms with Gasteiger partial charge in [0.1, 0.15) is 0 Å². The lowest BCUT2D eigenvalue weighted by Gasteiger charge is -2.17. The topological polar surface area (TPSA) is 28.2 Å². The summed E-state index contributed by atoms with van der Waals surface area (Å²) >= 11 is 3.22. The van der Waals surface area contributed by atoms with E-state index in [2.05, 4.69) is 38.9 Å². The fourth-order valence-corrected chi connectivity index (χ4v) is 3.30. The summed E-state index contributed by atoms with van der Waals surface area (Å²) in [6, 6.07) is 8.74. The van der Waals surface area contributed by atoms with Crippen molar-refractivity contribution < 1.29 is 0 Å². The van der Waals surface area contributed by atoms with Crippen LogP contribution >= 0.6 is 23.3 Å². The fraction of sp³-hybridized carbons (Fsp3) is 0.308. The van der Waals surface area contributed by atoms with Crippen molar-refractivity contribution in [2.45, 2.75) is 17.7 Å². The molecule has 3 rings (SSSR count). The van der Waals surface area contributed by atoms with Gasteiger partial charge in [-0.3, -0.25) is 0 Å². The second kappa shape index (κ2) is 5.63. The number of rotatable bonds is 4. The third-order valence-electron chi connectivity index (χ3n) is 3.00. The minimum absolute atomic E-state index is 0.948. The number of aromatic nitrogens is 1. The van der Waals surface area contributed by atoms with E-state index >= 15 is 0 Å². The Morgan fingerprint density at radius 1 is 1.17 bits per heavy atom. The minimum Gasteiger partial charge on any atom is -0.372 e. The van der Waals surface area contributed by atoms with Crippen LogP contribution in [-0.2, 0) is 0 Å². The van der Waals surface area contributed by atoms with Crippen LogP contribution in [0, 0.1) is 0 Å². The minimum atomic E-state index is 0.948. The smallest absolute Gasteiger partial charge is 0.192 e. The number of nitrogens with one attached hydrogen (secondary N) is 1. The average molecular weight is 277 g/mol. The molecule has 0 spiro atoms. The van der Waals surface area contributed by atoms with Crippen LogP contribution in [0.2, 0.25) is 0 Å². The Kier molecular flexibility index (Phi) is 3.71. The zero-order chi connectivity index (χ0) is 12.2. The van der Waals surface area contributed by atoms with E-state index in [4.69, 9.17) is 0 Å². The summed E-state index contributed by atoms with van der Waals surface area (Å²) in [6.45, 7) is 2.40. The molecule has 0 amide bonds. The van der Waals surface area contributed by atoms with Gasteiger partial charge in [0, 0.05) is 35.2 Å². The van der Waals surface area contributed by atoms with E-state index in [1.54, 1.807) is 23.3 Å². The normalized spacial score (nSPS) is 15.0. The summed E-state index contributed by atoms with van der Waals surface area (Å²) in [5.41, 5.74) is 1.34. The molecule has 0 radical (unpaired) electrons. The van der Waals surface area contributed by atoms with E-state index in [0.717, 1.165) is 5.13 Å². The van der Waals surface area contributed by atoms with Crippen LogP contribution in [0.5, 0.6) is 0 Å². The summed E-state index contributed by atoms with van der Waals surface area (Å²) in [5, 5.41) is 2.92. The number of thiazole rings is 1. The van der Waals surface area contributed by atoms with Crippen LogP contribution in [0.15, 0.2) is 40.7 Å². The van der Waals surface area contributed by atoms with Crippen molar-refractivity contribution in [3.8, 4) is 0 Å². The summed E-state index contributed by atoms with van der Waals surface area (Å²) in [7, 11) is 0. The molecule has 94 valence electrons. The molecule has 0 saturated carbocycles. The molecule has 0 aliphatic carbocycles. The first-order valence-corrected chi connectivity index (χ1v) is 7.79. The van der Waals surface area contributed by atoms with Crippen LogP contribution in [0.25, 0.3) is 0 Å². The van der Waals surface area contributed by atoms with Gasteiger partial charge in [-0.2, -0.15) is 0 Å². The van der Waals surface area contributed by atoms with Gasteiger partial charge >= 0.3 is 0 Å². The van der Waals surface area contributed by atoms with Crippen molar-refractivity contribution >= 4 is 34.1 Å². The molecule has 5 heteroatoms. The van der Waals surface area contributed by atoms with Gasteiger partial charge in [-0.25, -0.2) is 4.98 Å². The number of nitrogens with zero attached hydrogens (tertiary/aromatic N) is 2.